The number of hydrogen-bond acceptors (Lipinski definition) is 6. The Balaban J connectivity index is -0.0000000718. The van der Waals surface area contributed by atoms with E-state index < -0.39 is 16.4 Å². The SMILES string of the molecule is C=C(C)C(=O)O.CCOS(=O)(=O)O.N.N. The average molecular weight is 246 g/mol. The molecule has 0 radical (unpaired) electrons. The Labute approximate surface area is 89.1 Å². The van der Waals surface area contributed by atoms with E-state index in [2.05, 4.69) is 10.8 Å². The van der Waals surface area contributed by atoms with Crippen molar-refractivity contribution in [2.45, 2.75) is 13.8 Å². The van der Waals surface area contributed by atoms with Crippen LogP contribution < -0.4 is 12.3 Å². The molecule has 94 valence electrons. The first kappa shape index (κ1) is 23.7. The summed E-state index contributed by atoms with van der Waals surface area (Å²) in [4.78, 5) is 9.60. The number of carboxylic acids is 1. The Bertz CT molecular complexity index is 261. The molecule has 0 saturated heterocycles. The van der Waals surface area contributed by atoms with Crippen LogP contribution in [0.2, 0.25) is 0 Å². The zero-order valence-electron chi connectivity index (χ0n) is 8.76. The Morgan fingerprint density at radius 2 is 1.67 bits per heavy atom. The Kier molecular flexibility index (Phi) is 17.5. The lowest BCUT2D eigenvalue weighted by Gasteiger charge is -1.88. The highest BCUT2D eigenvalue weighted by Crippen LogP contribution is 1.81. The van der Waals surface area contributed by atoms with Crippen LogP contribution in [0.15, 0.2) is 12.2 Å². The van der Waals surface area contributed by atoms with Gasteiger partial charge in [-0.15, -0.1) is 0 Å². The van der Waals surface area contributed by atoms with E-state index in [4.69, 9.17) is 9.66 Å². The van der Waals surface area contributed by atoms with E-state index in [9.17, 15) is 13.2 Å². The lowest BCUT2D eigenvalue weighted by molar-refractivity contribution is -0.132. The van der Waals surface area contributed by atoms with Crippen molar-refractivity contribution in [2.75, 3.05) is 6.61 Å². The van der Waals surface area contributed by atoms with Crippen molar-refractivity contribution in [2.24, 2.45) is 0 Å². The molecule has 0 bridgehead atoms. The number of aliphatic carboxylic acids is 1. The molecule has 0 aliphatic rings. The molecule has 0 atom stereocenters. The number of carboxylic acid groups (broad SMARTS) is 1. The Morgan fingerprint density at radius 1 is 1.40 bits per heavy atom. The summed E-state index contributed by atoms with van der Waals surface area (Å²) in [6.45, 7) is 6.04. The topological polar surface area (TPSA) is 171 Å². The van der Waals surface area contributed by atoms with Crippen molar-refractivity contribution < 1.29 is 27.1 Å². The predicted octanol–water partition coefficient (Wildman–Crippen LogP) is 0.797. The molecule has 0 amide bonds. The second-order valence-corrected chi connectivity index (χ2v) is 3.01. The number of hydrogen-bond donors (Lipinski definition) is 4. The normalized spacial score (nSPS) is 8.47. The molecule has 0 saturated carbocycles. The monoisotopic (exact) mass is 246 g/mol. The molecular weight excluding hydrogens is 228 g/mol. The Hall–Kier alpha value is -1.00. The first-order valence-corrected chi connectivity index (χ1v) is 4.57. The largest absolute Gasteiger partial charge is 0.478 e. The first-order chi connectivity index (χ1) is 5.70. The van der Waals surface area contributed by atoms with Gasteiger partial charge in [-0.3, -0.25) is 4.55 Å². The van der Waals surface area contributed by atoms with E-state index in [-0.39, 0.29) is 24.5 Å². The second kappa shape index (κ2) is 11.1. The van der Waals surface area contributed by atoms with Gasteiger partial charge < -0.3 is 17.4 Å². The summed E-state index contributed by atoms with van der Waals surface area (Å²) in [6.07, 6.45) is 0. The molecule has 0 spiro atoms. The van der Waals surface area contributed by atoms with Crippen LogP contribution in [0.3, 0.4) is 0 Å². The number of carbonyl (C=O) groups is 1. The maximum atomic E-state index is 9.60. The first-order valence-electron chi connectivity index (χ1n) is 3.21. The van der Waals surface area contributed by atoms with E-state index in [1.54, 1.807) is 0 Å². The fraction of sp³-hybridized carbons (Fsp3) is 0.500. The van der Waals surface area contributed by atoms with Crippen LogP contribution in [0.5, 0.6) is 0 Å². The van der Waals surface area contributed by atoms with E-state index in [0.29, 0.717) is 0 Å². The molecule has 0 aromatic rings. The molecular formula is C6H18N2O6S. The van der Waals surface area contributed by atoms with Gasteiger partial charge in [-0.25, -0.2) is 8.98 Å². The zero-order chi connectivity index (χ0) is 11.1. The van der Waals surface area contributed by atoms with Gasteiger partial charge in [0.2, 0.25) is 0 Å². The number of rotatable bonds is 3. The molecule has 0 aromatic carbocycles. The molecule has 8 nitrogen and oxygen atoms in total. The van der Waals surface area contributed by atoms with Crippen LogP contribution in [0, 0.1) is 0 Å². The van der Waals surface area contributed by atoms with Gasteiger partial charge in [-0.1, -0.05) is 6.58 Å². The molecule has 0 heterocycles. The lowest BCUT2D eigenvalue weighted by atomic mass is 10.4. The molecule has 15 heavy (non-hydrogen) atoms. The van der Waals surface area contributed by atoms with Gasteiger partial charge in [-0.2, -0.15) is 8.42 Å². The molecule has 0 rings (SSSR count). The Morgan fingerprint density at radius 3 is 1.67 bits per heavy atom. The van der Waals surface area contributed by atoms with Gasteiger partial charge in [0, 0.05) is 5.57 Å². The van der Waals surface area contributed by atoms with E-state index in [1.807, 2.05) is 0 Å². The van der Waals surface area contributed by atoms with Crippen molar-refractivity contribution in [3.63, 3.8) is 0 Å². The lowest BCUT2D eigenvalue weighted by Crippen LogP contribution is -2.01. The molecule has 0 unspecified atom stereocenters. The summed E-state index contributed by atoms with van der Waals surface area (Å²) in [5, 5.41) is 7.89. The molecule has 9 heteroatoms. The summed E-state index contributed by atoms with van der Waals surface area (Å²) >= 11 is 0. The summed E-state index contributed by atoms with van der Waals surface area (Å²) in [7, 11) is -4.17. The second-order valence-electron chi connectivity index (χ2n) is 1.92. The molecule has 0 aliphatic heterocycles. The summed E-state index contributed by atoms with van der Waals surface area (Å²) < 4.78 is 30.7. The smallest absolute Gasteiger partial charge is 0.397 e. The third kappa shape index (κ3) is 32.1. The van der Waals surface area contributed by atoms with Gasteiger partial charge in [0.15, 0.2) is 0 Å². The van der Waals surface area contributed by atoms with E-state index >= 15 is 0 Å². The van der Waals surface area contributed by atoms with Gasteiger partial charge in [-0.05, 0) is 13.8 Å². The maximum absolute atomic E-state index is 9.60. The average Bonchev–Trinajstić information content (AvgIpc) is 1.85. The van der Waals surface area contributed by atoms with Crippen LogP contribution in [0.1, 0.15) is 13.8 Å². The van der Waals surface area contributed by atoms with Gasteiger partial charge in [0.05, 0.1) is 6.61 Å². The highest BCUT2D eigenvalue weighted by atomic mass is 32.3. The maximum Gasteiger partial charge on any atom is 0.397 e. The van der Waals surface area contributed by atoms with Crippen molar-refractivity contribution in [3.05, 3.63) is 12.2 Å². The zero-order valence-corrected chi connectivity index (χ0v) is 9.58. The molecule has 8 N–H and O–H groups in total. The van der Waals surface area contributed by atoms with E-state index in [1.165, 1.54) is 13.8 Å². The minimum atomic E-state index is -4.17. The van der Waals surface area contributed by atoms with Gasteiger partial charge >= 0.3 is 16.4 Å². The van der Waals surface area contributed by atoms with Crippen LogP contribution in [-0.2, 0) is 19.4 Å². The summed E-state index contributed by atoms with van der Waals surface area (Å²) in [6, 6.07) is 0. The third-order valence-electron chi connectivity index (χ3n) is 0.632. The molecule has 0 fully saturated rings. The van der Waals surface area contributed by atoms with Crippen LogP contribution in [0.4, 0.5) is 0 Å². The summed E-state index contributed by atoms with van der Waals surface area (Å²) in [5.74, 6) is -0.935. The van der Waals surface area contributed by atoms with Crippen LogP contribution in [-0.4, -0.2) is 30.7 Å². The minimum Gasteiger partial charge on any atom is -0.478 e. The summed E-state index contributed by atoms with van der Waals surface area (Å²) in [5.41, 5.74) is 0.176. The van der Waals surface area contributed by atoms with Crippen molar-refractivity contribution in [1.29, 1.82) is 0 Å². The van der Waals surface area contributed by atoms with Crippen molar-refractivity contribution in [3.8, 4) is 0 Å². The fourth-order valence-corrected chi connectivity index (χ4v) is 0.447. The fourth-order valence-electron chi connectivity index (χ4n) is 0.149. The van der Waals surface area contributed by atoms with Crippen molar-refractivity contribution >= 4 is 16.4 Å². The van der Waals surface area contributed by atoms with Gasteiger partial charge in [0.25, 0.3) is 0 Å². The van der Waals surface area contributed by atoms with Crippen LogP contribution in [0.25, 0.3) is 0 Å². The highest BCUT2D eigenvalue weighted by Gasteiger charge is 1.98. The van der Waals surface area contributed by atoms with Crippen molar-refractivity contribution in [1.82, 2.24) is 12.3 Å². The highest BCUT2D eigenvalue weighted by molar-refractivity contribution is 7.80. The standard InChI is InChI=1S/C4H6O2.C2H6O4S.2H3N/c1-3(2)4(5)6;1-2-6-7(3,4)5;;/h1H2,2H3,(H,5,6);2H2,1H3,(H,3,4,5);2*1H3. The quantitative estimate of drug-likeness (QED) is 0.418. The predicted molar refractivity (Wildman–Crippen MR) is 55.7 cm³/mol. The molecule has 0 aliphatic carbocycles. The minimum absolute atomic E-state index is 0. The van der Waals surface area contributed by atoms with E-state index in [0.717, 1.165) is 0 Å². The van der Waals surface area contributed by atoms with Gasteiger partial charge in [0.1, 0.15) is 0 Å². The molecule has 0 aromatic heterocycles. The third-order valence-corrected chi connectivity index (χ3v) is 1.17. The van der Waals surface area contributed by atoms with Crippen LogP contribution >= 0.6 is 0 Å².